The van der Waals surface area contributed by atoms with Crippen molar-refractivity contribution in [1.29, 1.82) is 0 Å². The summed E-state index contributed by atoms with van der Waals surface area (Å²) in [6.45, 7) is 0. The second kappa shape index (κ2) is 6.41. The van der Waals surface area contributed by atoms with Gasteiger partial charge >= 0.3 is 6.18 Å². The van der Waals surface area contributed by atoms with E-state index in [-0.39, 0.29) is 5.92 Å². The van der Waals surface area contributed by atoms with Crippen molar-refractivity contribution < 1.29 is 22.4 Å². The maximum atomic E-state index is 13.9. The van der Waals surface area contributed by atoms with Gasteiger partial charge in [-0.1, -0.05) is 17.3 Å². The predicted octanol–water partition coefficient (Wildman–Crippen LogP) is 4.01. The Bertz CT molecular complexity index is 1010. The van der Waals surface area contributed by atoms with Gasteiger partial charge < -0.3 is 5.32 Å². The van der Waals surface area contributed by atoms with Crippen molar-refractivity contribution in [2.75, 3.05) is 5.32 Å². The molecule has 0 bridgehead atoms. The van der Waals surface area contributed by atoms with Crippen LogP contribution < -0.4 is 5.32 Å². The number of carbonyl (C=O) groups excluding carboxylic acids is 1. The number of para-hydroxylation sites is 1. The molecule has 2 heterocycles. The van der Waals surface area contributed by atoms with Gasteiger partial charge in [0.25, 0.3) is 5.91 Å². The molecule has 11 heteroatoms. The zero-order valence-electron chi connectivity index (χ0n) is 13.5. The highest BCUT2D eigenvalue weighted by atomic mass is 32.1. The number of nitrogens with one attached hydrogen (secondary N) is 1. The number of hydrogen-bond acceptors (Lipinski definition) is 5. The van der Waals surface area contributed by atoms with E-state index in [4.69, 9.17) is 0 Å². The lowest BCUT2D eigenvalue weighted by Gasteiger charge is -2.11. The molecule has 1 fully saturated rings. The van der Waals surface area contributed by atoms with E-state index in [1.807, 2.05) is 0 Å². The summed E-state index contributed by atoms with van der Waals surface area (Å²) in [5, 5.41) is 9.55. The van der Waals surface area contributed by atoms with Crippen LogP contribution in [-0.4, -0.2) is 25.9 Å². The van der Waals surface area contributed by atoms with Crippen molar-refractivity contribution in [2.45, 2.75) is 24.9 Å². The molecule has 2 aromatic heterocycles. The van der Waals surface area contributed by atoms with Gasteiger partial charge in [0.1, 0.15) is 16.5 Å². The first-order valence-corrected chi connectivity index (χ1v) is 8.76. The number of amides is 1. The first-order chi connectivity index (χ1) is 12.9. The van der Waals surface area contributed by atoms with Crippen LogP contribution in [0.1, 0.15) is 40.6 Å². The normalized spacial score (nSPS) is 14.4. The zero-order chi connectivity index (χ0) is 19.2. The minimum atomic E-state index is -4.97. The smallest absolute Gasteiger partial charge is 0.311 e. The van der Waals surface area contributed by atoms with Crippen LogP contribution in [0.25, 0.3) is 5.69 Å². The van der Waals surface area contributed by atoms with Crippen molar-refractivity contribution in [1.82, 2.24) is 20.0 Å². The van der Waals surface area contributed by atoms with Gasteiger partial charge in [-0.3, -0.25) is 4.79 Å². The van der Waals surface area contributed by atoms with Gasteiger partial charge in [0.2, 0.25) is 0 Å². The molecule has 27 heavy (non-hydrogen) atoms. The van der Waals surface area contributed by atoms with Crippen LogP contribution >= 0.6 is 11.3 Å². The minimum Gasteiger partial charge on any atom is -0.311 e. The summed E-state index contributed by atoms with van der Waals surface area (Å²) in [7, 11) is 0. The van der Waals surface area contributed by atoms with E-state index in [9.17, 15) is 22.4 Å². The summed E-state index contributed by atoms with van der Waals surface area (Å²) in [6, 6.07) is 4.81. The first kappa shape index (κ1) is 17.6. The molecule has 0 aliphatic heterocycles. The fourth-order valence-electron chi connectivity index (χ4n) is 2.64. The number of benzene rings is 1. The van der Waals surface area contributed by atoms with Crippen molar-refractivity contribution in [3.63, 3.8) is 0 Å². The Balaban J connectivity index is 1.73. The highest BCUT2D eigenvalue weighted by Crippen LogP contribution is 2.44. The van der Waals surface area contributed by atoms with Crippen LogP contribution in [0, 0.1) is 5.82 Å². The van der Waals surface area contributed by atoms with Crippen LogP contribution in [0.5, 0.6) is 0 Å². The van der Waals surface area contributed by atoms with Gasteiger partial charge in [0.15, 0.2) is 11.4 Å². The Morgan fingerprint density at radius 2 is 2.00 bits per heavy atom. The molecule has 0 unspecified atom stereocenters. The summed E-state index contributed by atoms with van der Waals surface area (Å²) in [5.41, 5.74) is -0.649. The van der Waals surface area contributed by atoms with Gasteiger partial charge in [0, 0.05) is 5.92 Å². The number of halogens is 4. The molecule has 0 spiro atoms. The maximum Gasteiger partial charge on any atom is 0.435 e. The SMILES string of the molecule is O=C(Nc1scnc1C1CC1)c1nnn(-c2ccccc2F)c1C(F)(F)F. The van der Waals surface area contributed by atoms with Crippen LogP contribution in [0.2, 0.25) is 0 Å². The molecular formula is C16H11F4N5OS. The summed E-state index contributed by atoms with van der Waals surface area (Å²) in [4.78, 5) is 16.6. The molecule has 6 nitrogen and oxygen atoms in total. The summed E-state index contributed by atoms with van der Waals surface area (Å²) in [6.07, 6.45) is -3.13. The average Bonchev–Trinajstić information content (AvgIpc) is 3.17. The van der Waals surface area contributed by atoms with E-state index >= 15 is 0 Å². The van der Waals surface area contributed by atoms with Gasteiger partial charge in [-0.15, -0.1) is 16.4 Å². The number of alkyl halides is 3. The zero-order valence-corrected chi connectivity index (χ0v) is 14.3. The van der Waals surface area contributed by atoms with Crippen molar-refractivity contribution in [3.05, 3.63) is 52.7 Å². The molecule has 1 aliphatic rings. The monoisotopic (exact) mass is 397 g/mol. The van der Waals surface area contributed by atoms with E-state index in [0.29, 0.717) is 15.4 Å². The Kier molecular flexibility index (Phi) is 4.17. The second-order valence-corrected chi connectivity index (χ2v) is 6.80. The third kappa shape index (κ3) is 3.29. The number of anilines is 1. The number of rotatable bonds is 4. The highest BCUT2D eigenvalue weighted by molar-refractivity contribution is 7.14. The van der Waals surface area contributed by atoms with E-state index < -0.39 is 35.0 Å². The van der Waals surface area contributed by atoms with E-state index in [1.54, 1.807) is 0 Å². The maximum absolute atomic E-state index is 13.9. The topological polar surface area (TPSA) is 72.7 Å². The fraction of sp³-hybridized carbons (Fsp3) is 0.250. The average molecular weight is 397 g/mol. The molecule has 1 saturated carbocycles. The molecule has 1 aromatic carbocycles. The van der Waals surface area contributed by atoms with Crippen LogP contribution in [0.15, 0.2) is 29.8 Å². The number of carbonyl (C=O) groups is 1. The quantitative estimate of drug-likeness (QED) is 0.675. The second-order valence-electron chi connectivity index (χ2n) is 5.94. The Hall–Kier alpha value is -2.82. The van der Waals surface area contributed by atoms with Crippen LogP contribution in [0.4, 0.5) is 22.6 Å². The standard InChI is InChI=1S/C16H11F4N5OS/c17-9-3-1-2-4-10(9)25-13(16(18,19)20)12(23-24-25)14(26)22-15-11(8-5-6-8)21-7-27-15/h1-4,7-8H,5-6H2,(H,22,26). The largest absolute Gasteiger partial charge is 0.435 e. The van der Waals surface area contributed by atoms with Gasteiger partial charge in [0.05, 0.1) is 11.2 Å². The number of aromatic nitrogens is 4. The molecule has 4 rings (SSSR count). The summed E-state index contributed by atoms with van der Waals surface area (Å²) >= 11 is 1.12. The fourth-order valence-corrected chi connectivity index (χ4v) is 3.40. The molecule has 1 N–H and O–H groups in total. The molecule has 0 saturated heterocycles. The highest BCUT2D eigenvalue weighted by Gasteiger charge is 2.42. The predicted molar refractivity (Wildman–Crippen MR) is 88.4 cm³/mol. The number of nitrogens with zero attached hydrogens (tertiary/aromatic N) is 4. The molecule has 1 aliphatic carbocycles. The molecule has 1 amide bonds. The minimum absolute atomic E-state index is 0.211. The Labute approximate surface area is 153 Å². The Morgan fingerprint density at radius 1 is 1.26 bits per heavy atom. The number of thiazole rings is 1. The van der Waals surface area contributed by atoms with Gasteiger partial charge in [-0.2, -0.15) is 13.2 Å². The lowest BCUT2D eigenvalue weighted by atomic mass is 10.2. The van der Waals surface area contributed by atoms with Crippen molar-refractivity contribution in [2.24, 2.45) is 0 Å². The van der Waals surface area contributed by atoms with Crippen LogP contribution in [0.3, 0.4) is 0 Å². The third-order valence-electron chi connectivity index (χ3n) is 4.02. The molecule has 140 valence electrons. The van der Waals surface area contributed by atoms with E-state index in [0.717, 1.165) is 36.3 Å². The third-order valence-corrected chi connectivity index (χ3v) is 4.78. The summed E-state index contributed by atoms with van der Waals surface area (Å²) in [5.74, 6) is -1.78. The van der Waals surface area contributed by atoms with Gasteiger partial charge in [-0.05, 0) is 25.0 Å². The number of hydrogen-bond donors (Lipinski definition) is 1. The van der Waals surface area contributed by atoms with Crippen molar-refractivity contribution >= 4 is 22.2 Å². The molecule has 0 atom stereocenters. The Morgan fingerprint density at radius 3 is 2.67 bits per heavy atom. The molecule has 0 radical (unpaired) electrons. The first-order valence-electron chi connectivity index (χ1n) is 7.89. The lowest BCUT2D eigenvalue weighted by molar-refractivity contribution is -0.143. The van der Waals surface area contributed by atoms with Crippen LogP contribution in [-0.2, 0) is 6.18 Å². The van der Waals surface area contributed by atoms with E-state index in [2.05, 4.69) is 20.6 Å². The molecular weight excluding hydrogens is 386 g/mol. The summed E-state index contributed by atoms with van der Waals surface area (Å²) < 4.78 is 55.0. The van der Waals surface area contributed by atoms with E-state index in [1.165, 1.54) is 17.6 Å². The molecule has 3 aromatic rings. The lowest BCUT2D eigenvalue weighted by Crippen LogP contribution is -2.21. The van der Waals surface area contributed by atoms with Gasteiger partial charge in [-0.25, -0.2) is 14.1 Å². The van der Waals surface area contributed by atoms with Crippen molar-refractivity contribution in [3.8, 4) is 5.69 Å².